The maximum Gasteiger partial charge on any atom is 0.387 e. The molecule has 32 heavy (non-hydrogen) atoms. The number of carbonyl (C=O) groups excluding carboxylic acids is 1. The number of aryl methyl sites for hydroxylation is 2. The molecule has 2 heterocycles. The van der Waals surface area contributed by atoms with Crippen molar-refractivity contribution in [1.82, 2.24) is 14.8 Å². The number of fused-ring (bicyclic) bond motifs is 1. The van der Waals surface area contributed by atoms with Gasteiger partial charge in [0, 0.05) is 17.3 Å². The molecule has 0 spiro atoms. The summed E-state index contributed by atoms with van der Waals surface area (Å²) >= 11 is 5.95. The van der Waals surface area contributed by atoms with Gasteiger partial charge in [-0.05, 0) is 49.2 Å². The molecule has 6 nitrogen and oxygen atoms in total. The highest BCUT2D eigenvalue weighted by molar-refractivity contribution is 6.32. The molecule has 0 fully saturated rings. The summed E-state index contributed by atoms with van der Waals surface area (Å²) in [6, 6.07) is 14.1. The number of alkyl halides is 2. The van der Waals surface area contributed by atoms with Crippen LogP contribution < -0.4 is 10.1 Å². The summed E-state index contributed by atoms with van der Waals surface area (Å²) in [5.74, 6) is -0.531. The van der Waals surface area contributed by atoms with Crippen LogP contribution in [0.4, 0.5) is 14.5 Å². The van der Waals surface area contributed by atoms with Gasteiger partial charge in [-0.1, -0.05) is 41.4 Å². The zero-order valence-corrected chi connectivity index (χ0v) is 18.0. The second-order valence-corrected chi connectivity index (χ2v) is 7.65. The number of anilines is 1. The predicted molar refractivity (Wildman–Crippen MR) is 119 cm³/mol. The normalized spacial score (nSPS) is 11.2. The van der Waals surface area contributed by atoms with Gasteiger partial charge in [0.2, 0.25) is 5.91 Å². The second kappa shape index (κ2) is 8.92. The van der Waals surface area contributed by atoms with Crippen molar-refractivity contribution in [2.75, 3.05) is 5.32 Å². The highest BCUT2D eigenvalue weighted by Crippen LogP contribution is 2.31. The van der Waals surface area contributed by atoms with E-state index in [4.69, 9.17) is 11.6 Å². The van der Waals surface area contributed by atoms with E-state index in [9.17, 15) is 13.6 Å². The highest BCUT2D eigenvalue weighted by atomic mass is 35.5. The number of nitrogens with zero attached hydrogens (tertiary/aromatic N) is 3. The Morgan fingerprint density at radius 1 is 1.16 bits per heavy atom. The van der Waals surface area contributed by atoms with Gasteiger partial charge in [0.25, 0.3) is 0 Å². The van der Waals surface area contributed by atoms with E-state index >= 15 is 0 Å². The highest BCUT2D eigenvalue weighted by Gasteiger charge is 2.16. The maximum absolute atomic E-state index is 12.6. The fraction of sp³-hybridized carbons (Fsp3) is 0.174. The third-order valence-corrected chi connectivity index (χ3v) is 5.19. The number of pyridine rings is 1. The molecule has 2 aromatic heterocycles. The minimum atomic E-state index is -2.98. The third kappa shape index (κ3) is 4.55. The molecule has 0 atom stereocenters. The molecule has 0 saturated heterocycles. The number of carbonyl (C=O) groups is 1. The third-order valence-electron chi connectivity index (χ3n) is 4.90. The van der Waals surface area contributed by atoms with Gasteiger partial charge in [-0.25, -0.2) is 9.67 Å². The number of halogens is 3. The molecule has 9 heteroatoms. The Labute approximate surface area is 187 Å². The van der Waals surface area contributed by atoms with Crippen molar-refractivity contribution in [3.8, 4) is 16.9 Å². The number of rotatable bonds is 6. The Balaban J connectivity index is 1.57. The first-order valence-corrected chi connectivity index (χ1v) is 10.1. The molecule has 1 amide bonds. The average molecular weight is 457 g/mol. The van der Waals surface area contributed by atoms with Crippen LogP contribution in [0.3, 0.4) is 0 Å². The number of hydrogen-bond acceptors (Lipinski definition) is 4. The number of amides is 1. The molecule has 0 aliphatic heterocycles. The number of hydrogen-bond donors (Lipinski definition) is 1. The second-order valence-electron chi connectivity index (χ2n) is 7.24. The number of ether oxygens (including phenoxy) is 1. The van der Waals surface area contributed by atoms with E-state index in [0.29, 0.717) is 11.3 Å². The van der Waals surface area contributed by atoms with Crippen LogP contribution in [-0.4, -0.2) is 27.3 Å². The van der Waals surface area contributed by atoms with Crippen LogP contribution in [0, 0.1) is 13.8 Å². The zero-order valence-electron chi connectivity index (χ0n) is 17.3. The van der Waals surface area contributed by atoms with E-state index < -0.39 is 6.61 Å². The van der Waals surface area contributed by atoms with Crippen molar-refractivity contribution in [2.45, 2.75) is 27.0 Å². The lowest BCUT2D eigenvalue weighted by Crippen LogP contribution is -2.19. The van der Waals surface area contributed by atoms with Crippen molar-refractivity contribution in [1.29, 1.82) is 0 Å². The van der Waals surface area contributed by atoms with Crippen molar-refractivity contribution in [3.63, 3.8) is 0 Å². The zero-order chi connectivity index (χ0) is 22.8. The number of benzene rings is 2. The van der Waals surface area contributed by atoms with E-state index in [1.54, 1.807) is 6.20 Å². The molecular formula is C23H19ClF2N4O2. The fourth-order valence-corrected chi connectivity index (χ4v) is 3.70. The Hall–Kier alpha value is -3.52. The fourth-order valence-electron chi connectivity index (χ4n) is 3.47. The SMILES string of the molecule is Cc1ccc(-c2ccnc3c2c(C)nn3CC(=O)Nc2ccc(OC(F)F)c(Cl)c2)cc1. The van der Waals surface area contributed by atoms with Crippen LogP contribution in [-0.2, 0) is 11.3 Å². The summed E-state index contributed by atoms with van der Waals surface area (Å²) in [5, 5.41) is 8.03. The lowest BCUT2D eigenvalue weighted by molar-refractivity contribution is -0.116. The summed E-state index contributed by atoms with van der Waals surface area (Å²) in [6.45, 7) is 0.834. The summed E-state index contributed by atoms with van der Waals surface area (Å²) in [4.78, 5) is 17.0. The van der Waals surface area contributed by atoms with Gasteiger partial charge in [0.1, 0.15) is 12.3 Å². The molecule has 0 bridgehead atoms. The molecule has 0 saturated carbocycles. The first-order chi connectivity index (χ1) is 15.3. The average Bonchev–Trinajstić information content (AvgIpc) is 3.06. The van der Waals surface area contributed by atoms with Crippen LogP contribution in [0.1, 0.15) is 11.3 Å². The van der Waals surface area contributed by atoms with Gasteiger partial charge >= 0.3 is 6.61 Å². The minimum Gasteiger partial charge on any atom is -0.433 e. The van der Waals surface area contributed by atoms with Crippen LogP contribution in [0.15, 0.2) is 54.7 Å². The molecule has 4 rings (SSSR count). The molecule has 164 valence electrons. The molecule has 0 aliphatic rings. The summed E-state index contributed by atoms with van der Waals surface area (Å²) in [5.41, 5.74) is 4.89. The lowest BCUT2D eigenvalue weighted by Gasteiger charge is -2.10. The van der Waals surface area contributed by atoms with Crippen LogP contribution in [0.5, 0.6) is 5.75 Å². The van der Waals surface area contributed by atoms with E-state index in [1.165, 1.54) is 22.9 Å². The van der Waals surface area contributed by atoms with E-state index in [0.717, 1.165) is 27.8 Å². The van der Waals surface area contributed by atoms with Gasteiger partial charge in [-0.2, -0.15) is 13.9 Å². The van der Waals surface area contributed by atoms with Crippen molar-refractivity contribution >= 4 is 34.2 Å². The Morgan fingerprint density at radius 3 is 2.59 bits per heavy atom. The minimum absolute atomic E-state index is 0.0344. The molecular weight excluding hydrogens is 438 g/mol. The van der Waals surface area contributed by atoms with Gasteiger partial charge in [0.15, 0.2) is 5.65 Å². The van der Waals surface area contributed by atoms with Gasteiger partial charge in [-0.3, -0.25) is 4.79 Å². The quantitative estimate of drug-likeness (QED) is 0.409. The standard InChI is InChI=1S/C23H19ClF2N4O2/c1-13-3-5-15(6-4-13)17-9-10-27-22-21(17)14(2)29-30(22)12-20(31)28-16-7-8-19(18(24)11-16)32-23(25)26/h3-11,23H,12H2,1-2H3,(H,28,31). The number of aromatic nitrogens is 3. The smallest absolute Gasteiger partial charge is 0.387 e. The van der Waals surface area contributed by atoms with Crippen LogP contribution in [0.25, 0.3) is 22.2 Å². The molecule has 0 unspecified atom stereocenters. The summed E-state index contributed by atoms with van der Waals surface area (Å²) in [6.07, 6.45) is 1.69. The summed E-state index contributed by atoms with van der Waals surface area (Å²) < 4.78 is 30.6. The van der Waals surface area contributed by atoms with E-state index in [-0.39, 0.29) is 23.2 Å². The van der Waals surface area contributed by atoms with Gasteiger partial charge < -0.3 is 10.1 Å². The Morgan fingerprint density at radius 2 is 1.91 bits per heavy atom. The largest absolute Gasteiger partial charge is 0.433 e. The van der Waals surface area contributed by atoms with Crippen molar-refractivity contribution in [3.05, 3.63) is 71.0 Å². The van der Waals surface area contributed by atoms with Gasteiger partial charge in [-0.15, -0.1) is 0 Å². The first kappa shape index (κ1) is 21.7. The number of nitrogens with one attached hydrogen (secondary N) is 1. The lowest BCUT2D eigenvalue weighted by atomic mass is 10.0. The Bertz CT molecular complexity index is 1290. The molecule has 4 aromatic rings. The first-order valence-electron chi connectivity index (χ1n) is 9.75. The van der Waals surface area contributed by atoms with Gasteiger partial charge in [0.05, 0.1) is 10.7 Å². The van der Waals surface area contributed by atoms with E-state index in [2.05, 4.69) is 20.1 Å². The molecule has 2 aromatic carbocycles. The molecule has 1 N–H and O–H groups in total. The monoisotopic (exact) mass is 456 g/mol. The predicted octanol–water partition coefficient (Wildman–Crippen LogP) is 5.61. The maximum atomic E-state index is 12.6. The topological polar surface area (TPSA) is 69.0 Å². The van der Waals surface area contributed by atoms with Crippen molar-refractivity contribution in [2.24, 2.45) is 0 Å². The van der Waals surface area contributed by atoms with Crippen LogP contribution in [0.2, 0.25) is 5.02 Å². The van der Waals surface area contributed by atoms with Crippen molar-refractivity contribution < 1.29 is 18.3 Å². The van der Waals surface area contributed by atoms with Crippen LogP contribution >= 0.6 is 11.6 Å². The molecule has 0 aliphatic carbocycles. The Kier molecular flexibility index (Phi) is 6.05. The summed E-state index contributed by atoms with van der Waals surface area (Å²) in [7, 11) is 0. The van der Waals surface area contributed by atoms with E-state index in [1.807, 2.05) is 44.2 Å². The molecule has 0 radical (unpaired) electrons.